The monoisotopic (exact) mass is 291 g/mol. The first kappa shape index (κ1) is 15.8. The Balaban J connectivity index is 1.89. The zero-order chi connectivity index (χ0) is 15.5. The summed E-state index contributed by atoms with van der Waals surface area (Å²) < 4.78 is 5.46. The highest BCUT2D eigenvalue weighted by Crippen LogP contribution is 2.16. The lowest BCUT2D eigenvalue weighted by Crippen LogP contribution is -2.54. The van der Waals surface area contributed by atoms with Crippen molar-refractivity contribution >= 4 is 6.09 Å². The summed E-state index contributed by atoms with van der Waals surface area (Å²) in [6.07, 6.45) is 3.47. The highest BCUT2D eigenvalue weighted by molar-refractivity contribution is 5.68. The van der Waals surface area contributed by atoms with Gasteiger partial charge < -0.3 is 9.64 Å². The average Bonchev–Trinajstić information content (AvgIpc) is 2.37. The Bertz CT molecular complexity index is 470. The van der Waals surface area contributed by atoms with E-state index in [0.29, 0.717) is 6.54 Å². The summed E-state index contributed by atoms with van der Waals surface area (Å²) in [5.74, 6) is 0. The second-order valence-electron chi connectivity index (χ2n) is 6.62. The zero-order valence-corrected chi connectivity index (χ0v) is 13.4. The summed E-state index contributed by atoms with van der Waals surface area (Å²) in [4.78, 5) is 20.5. The number of pyridine rings is 1. The quantitative estimate of drug-likeness (QED) is 0.840. The van der Waals surface area contributed by atoms with Crippen LogP contribution in [0, 0.1) is 0 Å². The first-order chi connectivity index (χ1) is 9.85. The summed E-state index contributed by atoms with van der Waals surface area (Å²) >= 11 is 0. The Kier molecular flexibility index (Phi) is 4.83. The molecule has 1 saturated heterocycles. The lowest BCUT2D eigenvalue weighted by molar-refractivity contribution is 0.000552. The highest BCUT2D eigenvalue weighted by atomic mass is 16.6. The van der Waals surface area contributed by atoms with Crippen molar-refractivity contribution in [3.05, 3.63) is 30.1 Å². The first-order valence-electron chi connectivity index (χ1n) is 7.46. The fourth-order valence-corrected chi connectivity index (χ4v) is 2.52. The molecule has 0 bridgehead atoms. The molecule has 0 aliphatic carbocycles. The van der Waals surface area contributed by atoms with Gasteiger partial charge in [-0.1, -0.05) is 6.07 Å². The van der Waals surface area contributed by atoms with Crippen LogP contribution in [0.15, 0.2) is 24.5 Å². The summed E-state index contributed by atoms with van der Waals surface area (Å²) in [7, 11) is 0. The fourth-order valence-electron chi connectivity index (χ4n) is 2.52. The van der Waals surface area contributed by atoms with Crippen molar-refractivity contribution in [1.82, 2.24) is 14.8 Å². The standard InChI is InChI=1S/C16H25N3O2/c1-13-11-18(12-14-6-5-7-17-10-14)8-9-19(13)15(20)21-16(2,3)4/h5-7,10,13H,8-9,11-12H2,1-4H3. The van der Waals surface area contributed by atoms with Crippen molar-refractivity contribution in [2.45, 2.75) is 45.9 Å². The number of piperazine rings is 1. The summed E-state index contributed by atoms with van der Waals surface area (Å²) in [5, 5.41) is 0. The molecule has 1 atom stereocenters. The number of carbonyl (C=O) groups is 1. The maximum absolute atomic E-state index is 12.2. The normalized spacial score (nSPS) is 20.4. The fraction of sp³-hybridized carbons (Fsp3) is 0.625. The molecular formula is C16H25N3O2. The Hall–Kier alpha value is -1.62. The van der Waals surface area contributed by atoms with Gasteiger partial charge in [-0.2, -0.15) is 0 Å². The minimum atomic E-state index is -0.441. The van der Waals surface area contributed by atoms with Gasteiger partial charge in [-0.05, 0) is 39.3 Å². The van der Waals surface area contributed by atoms with Crippen LogP contribution in [-0.2, 0) is 11.3 Å². The molecule has 1 aliphatic heterocycles. The third-order valence-electron chi connectivity index (χ3n) is 3.47. The van der Waals surface area contributed by atoms with Crippen molar-refractivity contribution in [2.24, 2.45) is 0 Å². The smallest absolute Gasteiger partial charge is 0.410 e. The van der Waals surface area contributed by atoms with E-state index >= 15 is 0 Å². The van der Waals surface area contributed by atoms with Crippen LogP contribution in [-0.4, -0.2) is 52.2 Å². The van der Waals surface area contributed by atoms with Crippen LogP contribution in [0.1, 0.15) is 33.3 Å². The van der Waals surface area contributed by atoms with Gasteiger partial charge in [0.2, 0.25) is 0 Å². The van der Waals surface area contributed by atoms with E-state index < -0.39 is 5.60 Å². The number of hydrogen-bond donors (Lipinski definition) is 0. The largest absolute Gasteiger partial charge is 0.444 e. The van der Waals surface area contributed by atoms with Crippen LogP contribution < -0.4 is 0 Å². The van der Waals surface area contributed by atoms with E-state index in [1.54, 1.807) is 6.20 Å². The number of nitrogens with zero attached hydrogens (tertiary/aromatic N) is 3. The predicted molar refractivity (Wildman–Crippen MR) is 81.9 cm³/mol. The van der Waals surface area contributed by atoms with Crippen LogP contribution in [0.25, 0.3) is 0 Å². The van der Waals surface area contributed by atoms with E-state index in [2.05, 4.69) is 22.9 Å². The van der Waals surface area contributed by atoms with Gasteiger partial charge in [0.1, 0.15) is 5.60 Å². The molecule has 5 nitrogen and oxygen atoms in total. The third-order valence-corrected chi connectivity index (χ3v) is 3.47. The first-order valence-corrected chi connectivity index (χ1v) is 7.46. The molecule has 1 aliphatic rings. The van der Waals surface area contributed by atoms with E-state index in [-0.39, 0.29) is 12.1 Å². The molecule has 0 N–H and O–H groups in total. The second kappa shape index (κ2) is 6.43. The van der Waals surface area contributed by atoms with Crippen molar-refractivity contribution < 1.29 is 9.53 Å². The third kappa shape index (κ3) is 4.70. The van der Waals surface area contributed by atoms with Crippen LogP contribution >= 0.6 is 0 Å². The number of ether oxygens (including phenoxy) is 1. The van der Waals surface area contributed by atoms with Crippen molar-refractivity contribution in [2.75, 3.05) is 19.6 Å². The molecule has 116 valence electrons. The molecule has 1 unspecified atom stereocenters. The van der Waals surface area contributed by atoms with Crippen molar-refractivity contribution in [1.29, 1.82) is 0 Å². The topological polar surface area (TPSA) is 45.7 Å². The Labute approximate surface area is 126 Å². The maximum atomic E-state index is 12.2. The van der Waals surface area contributed by atoms with Crippen LogP contribution in [0.5, 0.6) is 0 Å². The van der Waals surface area contributed by atoms with Crippen LogP contribution in [0.2, 0.25) is 0 Å². The molecule has 0 saturated carbocycles. The van der Waals surface area contributed by atoms with Gasteiger partial charge in [-0.15, -0.1) is 0 Å². The number of hydrogen-bond acceptors (Lipinski definition) is 4. The van der Waals surface area contributed by atoms with E-state index in [9.17, 15) is 4.79 Å². The summed E-state index contributed by atoms with van der Waals surface area (Å²) in [5.41, 5.74) is 0.763. The molecule has 0 aromatic carbocycles. The molecule has 5 heteroatoms. The zero-order valence-electron chi connectivity index (χ0n) is 13.4. The molecule has 1 amide bonds. The number of carbonyl (C=O) groups excluding carboxylic acids is 1. The predicted octanol–water partition coefficient (Wildman–Crippen LogP) is 2.52. The van der Waals surface area contributed by atoms with E-state index in [4.69, 9.17) is 4.74 Å². The minimum Gasteiger partial charge on any atom is -0.444 e. The van der Waals surface area contributed by atoms with Gasteiger partial charge in [-0.3, -0.25) is 9.88 Å². The van der Waals surface area contributed by atoms with Crippen LogP contribution in [0.4, 0.5) is 4.79 Å². The Morgan fingerprint density at radius 1 is 1.43 bits per heavy atom. The Morgan fingerprint density at radius 3 is 2.76 bits per heavy atom. The van der Waals surface area contributed by atoms with Crippen molar-refractivity contribution in [3.63, 3.8) is 0 Å². The number of amides is 1. The molecular weight excluding hydrogens is 266 g/mol. The SMILES string of the molecule is CC1CN(Cc2cccnc2)CCN1C(=O)OC(C)(C)C. The molecule has 1 fully saturated rings. The lowest BCUT2D eigenvalue weighted by Gasteiger charge is -2.40. The van der Waals surface area contributed by atoms with Crippen molar-refractivity contribution in [3.8, 4) is 0 Å². The second-order valence-corrected chi connectivity index (χ2v) is 6.62. The molecule has 1 aromatic rings. The van der Waals surface area contributed by atoms with Gasteiger partial charge in [0, 0.05) is 44.6 Å². The lowest BCUT2D eigenvalue weighted by atomic mass is 10.1. The van der Waals surface area contributed by atoms with Gasteiger partial charge in [0.05, 0.1) is 0 Å². The minimum absolute atomic E-state index is 0.158. The maximum Gasteiger partial charge on any atom is 0.410 e. The number of rotatable bonds is 2. The summed E-state index contributed by atoms with van der Waals surface area (Å²) in [6.45, 7) is 11.1. The molecule has 2 heterocycles. The molecule has 1 aromatic heterocycles. The van der Waals surface area contributed by atoms with E-state index in [1.165, 1.54) is 5.56 Å². The Morgan fingerprint density at radius 2 is 2.19 bits per heavy atom. The number of aromatic nitrogens is 1. The van der Waals surface area contributed by atoms with E-state index in [1.807, 2.05) is 37.9 Å². The highest BCUT2D eigenvalue weighted by Gasteiger charge is 2.30. The van der Waals surface area contributed by atoms with Gasteiger partial charge in [0.15, 0.2) is 0 Å². The van der Waals surface area contributed by atoms with Gasteiger partial charge in [-0.25, -0.2) is 4.79 Å². The van der Waals surface area contributed by atoms with Gasteiger partial charge in [0.25, 0.3) is 0 Å². The summed E-state index contributed by atoms with van der Waals surface area (Å²) in [6, 6.07) is 4.19. The van der Waals surface area contributed by atoms with Crippen LogP contribution in [0.3, 0.4) is 0 Å². The molecule has 0 spiro atoms. The molecule has 21 heavy (non-hydrogen) atoms. The van der Waals surface area contributed by atoms with E-state index in [0.717, 1.165) is 19.6 Å². The molecule has 2 rings (SSSR count). The average molecular weight is 291 g/mol. The molecule has 0 radical (unpaired) electrons. The van der Waals surface area contributed by atoms with Gasteiger partial charge >= 0.3 is 6.09 Å².